The summed E-state index contributed by atoms with van der Waals surface area (Å²) in [6, 6.07) is 4.13. The number of ketones is 1. The molecule has 23 heavy (non-hydrogen) atoms. The fourth-order valence-electron chi connectivity index (χ4n) is 4.28. The maximum atomic E-state index is 13.2. The van der Waals surface area contributed by atoms with E-state index in [0.29, 0.717) is 23.0 Å². The van der Waals surface area contributed by atoms with E-state index in [1.165, 1.54) is 18.2 Å². The second kappa shape index (κ2) is 5.12. The lowest BCUT2D eigenvalue weighted by molar-refractivity contribution is -0.130. The summed E-state index contributed by atoms with van der Waals surface area (Å²) in [5.74, 6) is -0.468. The predicted octanol–water partition coefficient (Wildman–Crippen LogP) is 4.69. The van der Waals surface area contributed by atoms with Gasteiger partial charge in [-0.15, -0.1) is 0 Å². The molecule has 0 spiro atoms. The number of hydrogen-bond acceptors (Lipinski definition) is 2. The van der Waals surface area contributed by atoms with Crippen molar-refractivity contribution in [2.75, 3.05) is 5.32 Å². The Labute approximate surface area is 151 Å². The number of anilines is 1. The highest BCUT2D eigenvalue weighted by molar-refractivity contribution is 9.10. The van der Waals surface area contributed by atoms with Crippen molar-refractivity contribution in [2.24, 2.45) is 16.2 Å². The maximum Gasteiger partial charge on any atom is 0.232 e. The van der Waals surface area contributed by atoms with E-state index >= 15 is 0 Å². The first-order valence-electron chi connectivity index (χ1n) is 7.53. The van der Waals surface area contributed by atoms with E-state index in [1.807, 2.05) is 20.8 Å². The van der Waals surface area contributed by atoms with Gasteiger partial charge < -0.3 is 5.32 Å². The van der Waals surface area contributed by atoms with Crippen LogP contribution in [-0.4, -0.2) is 16.5 Å². The number of nitrogens with one attached hydrogen (secondary N) is 1. The summed E-state index contributed by atoms with van der Waals surface area (Å²) in [5.41, 5.74) is -1.25. The lowest BCUT2D eigenvalue weighted by Gasteiger charge is -2.39. The Hall–Kier alpha value is -0.750. The first-order valence-corrected chi connectivity index (χ1v) is 9.24. The zero-order chi connectivity index (χ0) is 17.2. The fraction of sp³-hybridized carbons (Fsp3) is 0.529. The van der Waals surface area contributed by atoms with Gasteiger partial charge in [0.25, 0.3) is 0 Å². The van der Waals surface area contributed by atoms with Gasteiger partial charge in [0.15, 0.2) is 5.78 Å². The van der Waals surface area contributed by atoms with E-state index < -0.39 is 21.1 Å². The maximum absolute atomic E-state index is 13.2. The van der Waals surface area contributed by atoms with Gasteiger partial charge in [-0.2, -0.15) is 0 Å². The minimum Gasteiger partial charge on any atom is -0.325 e. The van der Waals surface area contributed by atoms with Crippen molar-refractivity contribution in [2.45, 2.75) is 38.4 Å². The highest BCUT2D eigenvalue weighted by atomic mass is 79.9. The summed E-state index contributed by atoms with van der Waals surface area (Å²) in [5, 5.41) is 2.89. The molecular formula is C17H18Br2FNO2. The molecule has 0 heterocycles. The standard InChI is InChI=1S/C17H18Br2FNO2/c1-15(2)16(3)6-7-17(15,12(19)13(16)22)14(23)21-11-5-4-9(20)8-10(11)18/h4-5,8,12H,6-7H2,1-3H3,(H,21,23). The summed E-state index contributed by atoms with van der Waals surface area (Å²) < 4.78 is 13.7. The third-order valence-electron chi connectivity index (χ3n) is 6.31. The second-order valence-corrected chi connectivity index (χ2v) is 9.00. The van der Waals surface area contributed by atoms with Gasteiger partial charge in [-0.1, -0.05) is 36.7 Å². The number of benzene rings is 1. The van der Waals surface area contributed by atoms with Crippen molar-refractivity contribution < 1.29 is 14.0 Å². The summed E-state index contributed by atoms with van der Waals surface area (Å²) >= 11 is 6.76. The highest BCUT2D eigenvalue weighted by Gasteiger charge is 2.76. The lowest BCUT2D eigenvalue weighted by Crippen LogP contribution is -2.48. The second-order valence-electron chi connectivity index (χ2n) is 7.23. The van der Waals surface area contributed by atoms with Crippen LogP contribution in [0.15, 0.2) is 22.7 Å². The van der Waals surface area contributed by atoms with Crippen LogP contribution in [0.4, 0.5) is 10.1 Å². The van der Waals surface area contributed by atoms with Gasteiger partial charge in [-0.05, 0) is 52.4 Å². The van der Waals surface area contributed by atoms with E-state index in [-0.39, 0.29) is 17.5 Å². The Morgan fingerprint density at radius 3 is 2.48 bits per heavy atom. The van der Waals surface area contributed by atoms with Crippen molar-refractivity contribution in [3.8, 4) is 0 Å². The van der Waals surface area contributed by atoms with Crippen LogP contribution in [-0.2, 0) is 9.59 Å². The van der Waals surface area contributed by atoms with Gasteiger partial charge in [0.2, 0.25) is 5.91 Å². The topological polar surface area (TPSA) is 46.2 Å². The summed E-state index contributed by atoms with van der Waals surface area (Å²) in [4.78, 5) is 25.3. The van der Waals surface area contributed by atoms with Crippen molar-refractivity contribution >= 4 is 49.2 Å². The smallest absolute Gasteiger partial charge is 0.232 e. The number of alkyl halides is 1. The van der Waals surface area contributed by atoms with Crippen LogP contribution in [0, 0.1) is 22.1 Å². The van der Waals surface area contributed by atoms with E-state index in [0.717, 1.165) is 0 Å². The molecule has 3 rings (SSSR count). The molecule has 2 aliphatic rings. The molecule has 0 aromatic heterocycles. The highest BCUT2D eigenvalue weighted by Crippen LogP contribution is 2.72. The molecule has 3 unspecified atom stereocenters. The summed E-state index contributed by atoms with van der Waals surface area (Å²) in [7, 11) is 0. The van der Waals surface area contributed by atoms with Crippen molar-refractivity contribution in [1.29, 1.82) is 0 Å². The first-order chi connectivity index (χ1) is 10.6. The number of rotatable bonds is 2. The largest absolute Gasteiger partial charge is 0.325 e. The molecular weight excluding hydrogens is 429 g/mol. The van der Waals surface area contributed by atoms with Crippen molar-refractivity contribution in [3.05, 3.63) is 28.5 Å². The molecule has 124 valence electrons. The van der Waals surface area contributed by atoms with Crippen LogP contribution in [0.3, 0.4) is 0 Å². The Kier molecular flexibility index (Phi) is 3.80. The molecule has 3 atom stereocenters. The Bertz CT molecular complexity index is 721. The normalized spacial score (nSPS) is 34.7. The number of Topliss-reactive ketones (excluding diaryl/α,β-unsaturated/α-hetero) is 1. The van der Waals surface area contributed by atoms with Crippen LogP contribution in [0.2, 0.25) is 0 Å². The molecule has 1 aromatic carbocycles. The van der Waals surface area contributed by atoms with Crippen LogP contribution >= 0.6 is 31.9 Å². The van der Waals surface area contributed by atoms with Gasteiger partial charge in [0.1, 0.15) is 5.82 Å². The van der Waals surface area contributed by atoms with E-state index in [9.17, 15) is 14.0 Å². The fourth-order valence-corrected chi connectivity index (χ4v) is 6.24. The molecule has 6 heteroatoms. The summed E-state index contributed by atoms with van der Waals surface area (Å²) in [6.45, 7) is 5.95. The van der Waals surface area contributed by atoms with Crippen molar-refractivity contribution in [1.82, 2.24) is 0 Å². The molecule has 0 aliphatic heterocycles. The van der Waals surface area contributed by atoms with Gasteiger partial charge in [-0.25, -0.2) is 4.39 Å². The first kappa shape index (κ1) is 17.1. The van der Waals surface area contributed by atoms with Crippen LogP contribution in [0.1, 0.15) is 33.6 Å². The Morgan fingerprint density at radius 2 is 1.96 bits per heavy atom. The lowest BCUT2D eigenvalue weighted by atomic mass is 9.64. The third kappa shape index (κ3) is 1.97. The molecule has 0 saturated heterocycles. The molecule has 2 bridgehead atoms. The predicted molar refractivity (Wildman–Crippen MR) is 94.0 cm³/mol. The molecule has 2 saturated carbocycles. The average Bonchev–Trinajstić information content (AvgIpc) is 2.74. The zero-order valence-electron chi connectivity index (χ0n) is 13.2. The van der Waals surface area contributed by atoms with Crippen LogP contribution in [0.5, 0.6) is 0 Å². The quantitative estimate of drug-likeness (QED) is 0.670. The molecule has 3 nitrogen and oxygen atoms in total. The molecule has 2 aliphatic carbocycles. The number of carbonyl (C=O) groups is 2. The molecule has 1 N–H and O–H groups in total. The van der Waals surface area contributed by atoms with Gasteiger partial charge in [-0.3, -0.25) is 9.59 Å². The number of fused-ring (bicyclic) bond motifs is 2. The number of amides is 1. The van der Waals surface area contributed by atoms with Gasteiger partial charge in [0, 0.05) is 9.89 Å². The van der Waals surface area contributed by atoms with E-state index in [4.69, 9.17) is 0 Å². The third-order valence-corrected chi connectivity index (χ3v) is 8.16. The van der Waals surface area contributed by atoms with Gasteiger partial charge >= 0.3 is 0 Å². The van der Waals surface area contributed by atoms with Crippen molar-refractivity contribution in [3.63, 3.8) is 0 Å². The SMILES string of the molecule is CC12CCC(C(=O)Nc3ccc(F)cc3Br)(C(Br)C1=O)C2(C)C. The summed E-state index contributed by atoms with van der Waals surface area (Å²) in [6.07, 6.45) is 1.36. The average molecular weight is 447 g/mol. The number of carbonyl (C=O) groups excluding carboxylic acids is 2. The van der Waals surface area contributed by atoms with E-state index in [2.05, 4.69) is 37.2 Å². The number of hydrogen-bond donors (Lipinski definition) is 1. The number of halogens is 3. The zero-order valence-corrected chi connectivity index (χ0v) is 16.3. The molecule has 1 amide bonds. The Morgan fingerprint density at radius 1 is 1.30 bits per heavy atom. The Balaban J connectivity index is 2.00. The molecule has 1 aromatic rings. The van der Waals surface area contributed by atoms with E-state index in [1.54, 1.807) is 0 Å². The minimum atomic E-state index is -0.799. The van der Waals surface area contributed by atoms with Gasteiger partial charge in [0.05, 0.1) is 15.9 Å². The minimum absolute atomic E-state index is 0.0991. The molecule has 0 radical (unpaired) electrons. The molecule has 2 fully saturated rings. The monoisotopic (exact) mass is 445 g/mol. The van der Waals surface area contributed by atoms with Crippen LogP contribution in [0.25, 0.3) is 0 Å². The van der Waals surface area contributed by atoms with Crippen LogP contribution < -0.4 is 5.32 Å².